The lowest BCUT2D eigenvalue weighted by molar-refractivity contribution is -0.137. The topological polar surface area (TPSA) is 61.4 Å². The molecule has 2 aromatic carbocycles. The molecule has 3 N–H and O–H groups in total. The molecule has 4 nitrogen and oxygen atoms in total. The van der Waals surface area contributed by atoms with Crippen LogP contribution in [0.5, 0.6) is 0 Å². The molecule has 0 bridgehead atoms. The van der Waals surface area contributed by atoms with Gasteiger partial charge in [0.2, 0.25) is 0 Å². The number of benzene rings is 2. The minimum absolute atomic E-state index is 0.0268. The summed E-state index contributed by atoms with van der Waals surface area (Å²) in [5.74, 6) is 0. The fourth-order valence-electron chi connectivity index (χ4n) is 3.17. The van der Waals surface area contributed by atoms with Crippen LogP contribution in [0.3, 0.4) is 0 Å². The predicted octanol–water partition coefficient (Wildman–Crippen LogP) is 5.24. The van der Waals surface area contributed by atoms with Crippen molar-refractivity contribution in [3.63, 3.8) is 0 Å². The van der Waals surface area contributed by atoms with E-state index in [2.05, 4.69) is 10.6 Å². The van der Waals surface area contributed by atoms with Crippen molar-refractivity contribution in [3.05, 3.63) is 58.1 Å². The van der Waals surface area contributed by atoms with E-state index in [0.29, 0.717) is 24.9 Å². The fourth-order valence-corrected chi connectivity index (χ4v) is 3.40. The van der Waals surface area contributed by atoms with E-state index in [1.54, 1.807) is 19.1 Å². The Labute approximate surface area is 159 Å². The average Bonchev–Trinajstić information content (AvgIpc) is 2.55. The van der Waals surface area contributed by atoms with Crippen molar-refractivity contribution in [1.29, 1.82) is 0 Å². The van der Waals surface area contributed by atoms with Crippen LogP contribution in [0.25, 0.3) is 0 Å². The third-order valence-electron chi connectivity index (χ3n) is 4.54. The van der Waals surface area contributed by atoms with E-state index < -0.39 is 28.4 Å². The molecule has 8 heteroatoms. The van der Waals surface area contributed by atoms with E-state index in [1.807, 2.05) is 6.07 Å². The van der Waals surface area contributed by atoms with Crippen molar-refractivity contribution in [1.82, 2.24) is 0 Å². The zero-order valence-electron chi connectivity index (χ0n) is 14.5. The maximum atomic E-state index is 12.9. The van der Waals surface area contributed by atoms with Gasteiger partial charge in [0, 0.05) is 17.8 Å². The van der Waals surface area contributed by atoms with Gasteiger partial charge in [-0.2, -0.15) is 13.2 Å². The minimum atomic E-state index is -4.62. The Hall–Kier alpha value is -2.25. The molecule has 0 aromatic heterocycles. The normalized spacial score (nSPS) is 19.3. The molecule has 1 aliphatic carbocycles. The number of rotatable bonds is 2. The van der Waals surface area contributed by atoms with E-state index in [-0.39, 0.29) is 5.69 Å². The molecule has 1 aliphatic rings. The van der Waals surface area contributed by atoms with E-state index in [1.165, 1.54) is 6.07 Å². The Morgan fingerprint density at radius 3 is 2.67 bits per heavy atom. The number of amides is 2. The van der Waals surface area contributed by atoms with Crippen molar-refractivity contribution in [2.75, 3.05) is 10.6 Å². The highest BCUT2D eigenvalue weighted by Crippen LogP contribution is 2.36. The summed E-state index contributed by atoms with van der Waals surface area (Å²) >= 11 is 5.58. The molecule has 0 spiro atoms. The second kappa shape index (κ2) is 7.05. The molecule has 144 valence electrons. The zero-order chi connectivity index (χ0) is 19.8. The molecule has 0 saturated carbocycles. The number of nitrogens with one attached hydrogen (secondary N) is 2. The first-order valence-corrected chi connectivity index (χ1v) is 8.71. The highest BCUT2D eigenvalue weighted by atomic mass is 35.5. The first-order chi connectivity index (χ1) is 12.5. The molecular weight excluding hydrogens is 381 g/mol. The fraction of sp³-hybridized carbons (Fsp3) is 0.316. The Morgan fingerprint density at radius 1 is 1.22 bits per heavy atom. The minimum Gasteiger partial charge on any atom is -0.390 e. The summed E-state index contributed by atoms with van der Waals surface area (Å²) in [5.41, 5.74) is 0.478. The summed E-state index contributed by atoms with van der Waals surface area (Å²) in [7, 11) is 0. The molecular formula is C19H18ClF3N2O2. The second-order valence-electron chi connectivity index (χ2n) is 6.89. The monoisotopic (exact) mass is 398 g/mol. The van der Waals surface area contributed by atoms with Crippen LogP contribution in [0.2, 0.25) is 5.02 Å². The zero-order valence-corrected chi connectivity index (χ0v) is 15.2. The van der Waals surface area contributed by atoms with Crippen LogP contribution in [0, 0.1) is 0 Å². The highest BCUT2D eigenvalue weighted by molar-refractivity contribution is 6.31. The molecule has 0 fully saturated rings. The summed E-state index contributed by atoms with van der Waals surface area (Å²) in [6, 6.07) is 7.91. The molecule has 27 heavy (non-hydrogen) atoms. The van der Waals surface area contributed by atoms with Gasteiger partial charge in [0.05, 0.1) is 16.2 Å². The summed E-state index contributed by atoms with van der Waals surface area (Å²) in [5, 5.41) is 14.9. The molecule has 2 aromatic rings. The Morgan fingerprint density at radius 2 is 1.96 bits per heavy atom. The quantitative estimate of drug-likeness (QED) is 0.647. The third-order valence-corrected chi connectivity index (χ3v) is 4.87. The summed E-state index contributed by atoms with van der Waals surface area (Å²) in [6.07, 6.45) is -2.92. The van der Waals surface area contributed by atoms with Crippen LogP contribution in [0.15, 0.2) is 36.4 Å². The maximum Gasteiger partial charge on any atom is 0.417 e. The van der Waals surface area contributed by atoms with Gasteiger partial charge in [-0.1, -0.05) is 23.7 Å². The van der Waals surface area contributed by atoms with Crippen molar-refractivity contribution in [3.8, 4) is 0 Å². The molecule has 0 aliphatic heterocycles. The van der Waals surface area contributed by atoms with Gasteiger partial charge in [-0.15, -0.1) is 0 Å². The molecule has 0 heterocycles. The lowest BCUT2D eigenvalue weighted by atomic mass is 9.81. The number of carbonyl (C=O) groups excluding carboxylic acids is 1. The summed E-state index contributed by atoms with van der Waals surface area (Å²) in [4.78, 5) is 12.3. The van der Waals surface area contributed by atoms with E-state index in [9.17, 15) is 23.1 Å². The lowest BCUT2D eigenvalue weighted by Crippen LogP contribution is -2.33. The van der Waals surface area contributed by atoms with Crippen LogP contribution in [-0.2, 0) is 19.0 Å². The summed E-state index contributed by atoms with van der Waals surface area (Å²) in [6.45, 7) is 1.74. The smallest absolute Gasteiger partial charge is 0.390 e. The van der Waals surface area contributed by atoms with Crippen LogP contribution in [-0.4, -0.2) is 16.7 Å². The average molecular weight is 399 g/mol. The summed E-state index contributed by atoms with van der Waals surface area (Å²) < 4.78 is 38.8. The van der Waals surface area contributed by atoms with Crippen LogP contribution < -0.4 is 10.6 Å². The molecule has 3 rings (SSSR count). The Kier molecular flexibility index (Phi) is 5.10. The SMILES string of the molecule is CC1(O)CCc2cccc(NC(=O)Nc3ccc(Cl)c(C(F)(F)F)c3)c2C1. The number of aryl methyl sites for hydroxylation is 1. The van der Waals surface area contributed by atoms with Crippen molar-refractivity contribution >= 4 is 29.0 Å². The van der Waals surface area contributed by atoms with Gasteiger partial charge in [-0.25, -0.2) is 4.79 Å². The molecule has 1 atom stereocenters. The number of hydrogen-bond donors (Lipinski definition) is 3. The largest absolute Gasteiger partial charge is 0.417 e. The standard InChI is InChI=1S/C19H18ClF3N2O2/c1-18(27)8-7-11-3-2-4-16(13(11)10-18)25-17(26)24-12-5-6-15(20)14(9-12)19(21,22)23/h2-6,9,27H,7-8,10H2,1H3,(H2,24,25,26). The number of aliphatic hydroxyl groups is 1. The second-order valence-corrected chi connectivity index (χ2v) is 7.30. The van der Waals surface area contributed by atoms with E-state index >= 15 is 0 Å². The van der Waals surface area contributed by atoms with Gasteiger partial charge in [0.25, 0.3) is 0 Å². The predicted molar refractivity (Wildman–Crippen MR) is 98.2 cm³/mol. The van der Waals surface area contributed by atoms with Crippen molar-refractivity contribution < 1.29 is 23.1 Å². The highest BCUT2D eigenvalue weighted by Gasteiger charge is 2.33. The number of carbonyl (C=O) groups is 1. The van der Waals surface area contributed by atoms with Crippen LogP contribution in [0.4, 0.5) is 29.3 Å². The van der Waals surface area contributed by atoms with Crippen molar-refractivity contribution in [2.45, 2.75) is 38.0 Å². The van der Waals surface area contributed by atoms with Gasteiger partial charge in [-0.05, 0) is 55.2 Å². The Balaban J connectivity index is 1.78. The number of urea groups is 1. The Bertz CT molecular complexity index is 882. The first kappa shape index (κ1) is 19.5. The van der Waals surface area contributed by atoms with Gasteiger partial charge in [0.1, 0.15) is 0 Å². The van der Waals surface area contributed by atoms with Crippen LogP contribution in [0.1, 0.15) is 30.0 Å². The maximum absolute atomic E-state index is 12.9. The number of alkyl halides is 3. The van der Waals surface area contributed by atoms with Crippen LogP contribution >= 0.6 is 11.6 Å². The molecule has 1 unspecified atom stereocenters. The van der Waals surface area contributed by atoms with Gasteiger partial charge in [-0.3, -0.25) is 0 Å². The van der Waals surface area contributed by atoms with Gasteiger partial charge in [0.15, 0.2) is 0 Å². The molecule has 2 amide bonds. The van der Waals surface area contributed by atoms with Gasteiger partial charge >= 0.3 is 12.2 Å². The number of fused-ring (bicyclic) bond motifs is 1. The third kappa shape index (κ3) is 4.54. The van der Waals surface area contributed by atoms with E-state index in [4.69, 9.17) is 11.6 Å². The molecule has 0 radical (unpaired) electrons. The number of hydrogen-bond acceptors (Lipinski definition) is 2. The first-order valence-electron chi connectivity index (χ1n) is 8.33. The van der Waals surface area contributed by atoms with E-state index in [0.717, 1.165) is 23.3 Å². The number of anilines is 2. The number of halogens is 4. The van der Waals surface area contributed by atoms with Crippen molar-refractivity contribution in [2.24, 2.45) is 0 Å². The molecule has 0 saturated heterocycles. The lowest BCUT2D eigenvalue weighted by Gasteiger charge is -2.31. The van der Waals surface area contributed by atoms with Gasteiger partial charge < -0.3 is 15.7 Å².